The molecule has 1 N–H and O–H groups in total. The Kier molecular flexibility index (Phi) is 7.34. The minimum atomic E-state index is -0.850. The van der Waals surface area contributed by atoms with Gasteiger partial charge in [-0.05, 0) is 43.7 Å². The van der Waals surface area contributed by atoms with Crippen molar-refractivity contribution in [2.75, 3.05) is 13.2 Å². The van der Waals surface area contributed by atoms with Crippen LogP contribution in [-0.2, 0) is 9.53 Å². The average molecular weight is 407 g/mol. The minimum absolute atomic E-state index is 0.0501. The van der Waals surface area contributed by atoms with E-state index in [-0.39, 0.29) is 29.6 Å². The summed E-state index contributed by atoms with van der Waals surface area (Å²) in [6.07, 6.45) is 0. The lowest BCUT2D eigenvalue weighted by Crippen LogP contribution is -2.31. The molecular weight excluding hydrogens is 388 g/mol. The predicted molar refractivity (Wildman–Crippen MR) is 103 cm³/mol. The highest BCUT2D eigenvalue weighted by Gasteiger charge is 2.20. The van der Waals surface area contributed by atoms with E-state index in [1.165, 1.54) is 12.1 Å². The molecule has 9 heteroatoms. The molecule has 1 amide bonds. The Morgan fingerprint density at radius 1 is 1.25 bits per heavy atom. The van der Waals surface area contributed by atoms with Gasteiger partial charge in [0.15, 0.2) is 12.4 Å². The molecule has 0 aliphatic heterocycles. The molecule has 0 spiro atoms. The highest BCUT2D eigenvalue weighted by molar-refractivity contribution is 6.30. The second-order valence-electron chi connectivity index (χ2n) is 5.79. The Morgan fingerprint density at radius 2 is 2.00 bits per heavy atom. The molecule has 2 aromatic carbocycles. The first-order chi connectivity index (χ1) is 13.3. The van der Waals surface area contributed by atoms with Crippen molar-refractivity contribution in [3.8, 4) is 5.75 Å². The molecule has 0 bridgehead atoms. The van der Waals surface area contributed by atoms with Crippen LogP contribution in [0.1, 0.15) is 35.8 Å². The van der Waals surface area contributed by atoms with Gasteiger partial charge in [0, 0.05) is 11.1 Å². The number of nitrogens with zero attached hydrogens (tertiary/aromatic N) is 1. The standard InChI is InChI=1S/C19H19ClN2O6/c1-3-27-17-8-7-14(10-16(17)22(25)26)19(24)28-11-18(23)21-12(2)13-5-4-6-15(20)9-13/h4-10,12H,3,11H2,1-2H3,(H,21,23)/t12-/m0/s1. The average Bonchev–Trinajstić information content (AvgIpc) is 2.66. The second kappa shape index (κ2) is 9.70. The van der Waals surface area contributed by atoms with Crippen LogP contribution in [0.4, 0.5) is 5.69 Å². The van der Waals surface area contributed by atoms with Crippen molar-refractivity contribution in [3.05, 3.63) is 68.7 Å². The second-order valence-corrected chi connectivity index (χ2v) is 6.23. The molecule has 0 unspecified atom stereocenters. The molecule has 2 aromatic rings. The first kappa shape index (κ1) is 21.2. The summed E-state index contributed by atoms with van der Waals surface area (Å²) < 4.78 is 10.1. The minimum Gasteiger partial charge on any atom is -0.487 e. The number of hydrogen-bond acceptors (Lipinski definition) is 6. The number of carbonyl (C=O) groups is 2. The van der Waals surface area contributed by atoms with Gasteiger partial charge in [0.2, 0.25) is 0 Å². The molecule has 28 heavy (non-hydrogen) atoms. The third kappa shape index (κ3) is 5.68. The number of halogens is 1. The molecule has 0 fully saturated rings. The van der Waals surface area contributed by atoms with Gasteiger partial charge in [-0.15, -0.1) is 0 Å². The maximum absolute atomic E-state index is 12.1. The van der Waals surface area contributed by atoms with E-state index in [0.717, 1.165) is 11.6 Å². The first-order valence-corrected chi connectivity index (χ1v) is 8.82. The van der Waals surface area contributed by atoms with Gasteiger partial charge < -0.3 is 14.8 Å². The van der Waals surface area contributed by atoms with Gasteiger partial charge in [0.1, 0.15) is 0 Å². The summed E-state index contributed by atoms with van der Waals surface area (Å²) in [5.74, 6) is -1.31. The summed E-state index contributed by atoms with van der Waals surface area (Å²) in [5, 5.41) is 14.3. The molecule has 148 valence electrons. The smallest absolute Gasteiger partial charge is 0.338 e. The molecule has 0 saturated heterocycles. The van der Waals surface area contributed by atoms with Crippen molar-refractivity contribution in [1.82, 2.24) is 5.32 Å². The number of amides is 1. The van der Waals surface area contributed by atoms with Crippen LogP contribution in [0.25, 0.3) is 0 Å². The molecule has 2 rings (SSSR count). The summed E-state index contributed by atoms with van der Waals surface area (Å²) >= 11 is 5.92. The van der Waals surface area contributed by atoms with E-state index in [2.05, 4.69) is 5.32 Å². The highest BCUT2D eigenvalue weighted by atomic mass is 35.5. The predicted octanol–water partition coefficient (Wildman–Crippen LogP) is 3.68. The van der Waals surface area contributed by atoms with E-state index in [4.69, 9.17) is 21.1 Å². The fourth-order valence-corrected chi connectivity index (χ4v) is 2.62. The fraction of sp³-hybridized carbons (Fsp3) is 0.263. The monoisotopic (exact) mass is 406 g/mol. The number of nitro benzene ring substituents is 1. The molecule has 0 aliphatic carbocycles. The topological polar surface area (TPSA) is 108 Å². The van der Waals surface area contributed by atoms with E-state index < -0.39 is 23.4 Å². The van der Waals surface area contributed by atoms with Crippen LogP contribution in [0, 0.1) is 10.1 Å². The van der Waals surface area contributed by atoms with Gasteiger partial charge in [0.25, 0.3) is 5.91 Å². The van der Waals surface area contributed by atoms with Crippen molar-refractivity contribution in [3.63, 3.8) is 0 Å². The van der Waals surface area contributed by atoms with Crippen LogP contribution in [0.15, 0.2) is 42.5 Å². The van der Waals surface area contributed by atoms with Gasteiger partial charge >= 0.3 is 11.7 Å². The molecular formula is C19H19ClN2O6. The lowest BCUT2D eigenvalue weighted by Gasteiger charge is -2.14. The van der Waals surface area contributed by atoms with Crippen LogP contribution in [0.2, 0.25) is 5.02 Å². The van der Waals surface area contributed by atoms with Crippen molar-refractivity contribution < 1.29 is 24.0 Å². The zero-order chi connectivity index (χ0) is 20.7. The number of esters is 1. The molecule has 1 atom stereocenters. The Labute approximate surface area is 166 Å². The summed E-state index contributed by atoms with van der Waals surface area (Å²) in [7, 11) is 0. The van der Waals surface area contributed by atoms with E-state index in [1.54, 1.807) is 32.0 Å². The maximum Gasteiger partial charge on any atom is 0.338 e. The molecule has 0 aromatic heterocycles. The zero-order valence-corrected chi connectivity index (χ0v) is 16.1. The number of carbonyl (C=O) groups excluding carboxylic acids is 2. The lowest BCUT2D eigenvalue weighted by molar-refractivity contribution is -0.385. The molecule has 0 saturated carbocycles. The number of hydrogen-bond donors (Lipinski definition) is 1. The van der Waals surface area contributed by atoms with E-state index >= 15 is 0 Å². The summed E-state index contributed by atoms with van der Waals surface area (Å²) in [6.45, 7) is 3.18. The van der Waals surface area contributed by atoms with Crippen LogP contribution in [-0.4, -0.2) is 30.0 Å². The van der Waals surface area contributed by atoms with Crippen LogP contribution >= 0.6 is 11.6 Å². The molecule has 8 nitrogen and oxygen atoms in total. The van der Waals surface area contributed by atoms with Crippen molar-refractivity contribution in [2.45, 2.75) is 19.9 Å². The Balaban J connectivity index is 1.96. The number of nitro groups is 1. The van der Waals surface area contributed by atoms with Crippen LogP contribution in [0.3, 0.4) is 0 Å². The number of ether oxygens (including phenoxy) is 2. The third-order valence-electron chi connectivity index (χ3n) is 3.75. The Morgan fingerprint density at radius 3 is 2.64 bits per heavy atom. The molecule has 0 aliphatic rings. The Hall–Kier alpha value is -3.13. The molecule has 0 radical (unpaired) electrons. The summed E-state index contributed by atoms with van der Waals surface area (Å²) in [5.41, 5.74) is 0.399. The quantitative estimate of drug-likeness (QED) is 0.407. The van der Waals surface area contributed by atoms with Gasteiger partial charge in [-0.1, -0.05) is 23.7 Å². The fourth-order valence-electron chi connectivity index (χ4n) is 2.42. The van der Waals surface area contributed by atoms with E-state index in [0.29, 0.717) is 5.02 Å². The highest BCUT2D eigenvalue weighted by Crippen LogP contribution is 2.28. The Bertz CT molecular complexity index is 886. The van der Waals surface area contributed by atoms with E-state index in [9.17, 15) is 19.7 Å². The van der Waals surface area contributed by atoms with Crippen molar-refractivity contribution in [1.29, 1.82) is 0 Å². The van der Waals surface area contributed by atoms with E-state index in [1.807, 2.05) is 6.07 Å². The largest absolute Gasteiger partial charge is 0.487 e. The third-order valence-corrected chi connectivity index (χ3v) is 3.99. The van der Waals surface area contributed by atoms with Crippen LogP contribution in [0.5, 0.6) is 5.75 Å². The van der Waals surface area contributed by atoms with Crippen molar-refractivity contribution >= 4 is 29.2 Å². The first-order valence-electron chi connectivity index (χ1n) is 8.45. The summed E-state index contributed by atoms with van der Waals surface area (Å²) in [6, 6.07) is 10.4. The zero-order valence-electron chi connectivity index (χ0n) is 15.3. The van der Waals surface area contributed by atoms with Gasteiger partial charge in [-0.3, -0.25) is 14.9 Å². The SMILES string of the molecule is CCOc1ccc(C(=O)OCC(=O)N[C@@H](C)c2cccc(Cl)c2)cc1[N+](=O)[O-]. The van der Waals surface area contributed by atoms with Gasteiger partial charge in [0.05, 0.1) is 23.1 Å². The lowest BCUT2D eigenvalue weighted by atomic mass is 10.1. The van der Waals surface area contributed by atoms with Crippen LogP contribution < -0.4 is 10.1 Å². The summed E-state index contributed by atoms with van der Waals surface area (Å²) in [4.78, 5) is 34.6. The number of benzene rings is 2. The van der Waals surface area contributed by atoms with Gasteiger partial charge in [-0.2, -0.15) is 0 Å². The normalized spacial score (nSPS) is 11.4. The number of rotatable bonds is 8. The number of nitrogens with one attached hydrogen (secondary N) is 1. The molecule has 0 heterocycles. The maximum atomic E-state index is 12.1. The van der Waals surface area contributed by atoms with Crippen molar-refractivity contribution in [2.24, 2.45) is 0 Å². The van der Waals surface area contributed by atoms with Gasteiger partial charge in [-0.25, -0.2) is 4.79 Å².